The molecule has 19 heavy (non-hydrogen) atoms. The zero-order valence-electron chi connectivity index (χ0n) is 11.7. The second-order valence-electron chi connectivity index (χ2n) is 5.09. The van der Waals surface area contributed by atoms with Gasteiger partial charge in [0.05, 0.1) is 26.2 Å². The maximum absolute atomic E-state index is 9.37. The predicted octanol–water partition coefficient (Wildman–Crippen LogP) is 3.89. The number of nitrogens with zero attached hydrogens (tertiary/aromatic N) is 1. The Morgan fingerprint density at radius 1 is 1.05 bits per heavy atom. The minimum Gasteiger partial charge on any atom is -0.493 e. The number of rotatable bonds is 3. The first-order valence-electron chi connectivity index (χ1n) is 6.91. The summed E-state index contributed by atoms with van der Waals surface area (Å²) in [4.78, 5) is 0. The van der Waals surface area contributed by atoms with Crippen LogP contribution in [0.3, 0.4) is 0 Å². The molecule has 2 rings (SSSR count). The van der Waals surface area contributed by atoms with Gasteiger partial charge < -0.3 is 9.47 Å². The van der Waals surface area contributed by atoms with Crippen molar-refractivity contribution in [2.24, 2.45) is 5.92 Å². The van der Waals surface area contributed by atoms with Crippen LogP contribution < -0.4 is 9.47 Å². The molecule has 0 bridgehead atoms. The minimum atomic E-state index is 0.126. The van der Waals surface area contributed by atoms with Gasteiger partial charge in [-0.25, -0.2) is 0 Å². The second kappa shape index (κ2) is 6.47. The van der Waals surface area contributed by atoms with Gasteiger partial charge in [0.2, 0.25) is 0 Å². The Kier molecular flexibility index (Phi) is 4.68. The predicted molar refractivity (Wildman–Crippen MR) is 74.5 cm³/mol. The zero-order valence-corrected chi connectivity index (χ0v) is 11.7. The summed E-state index contributed by atoms with van der Waals surface area (Å²) in [5.41, 5.74) is 1.20. The Labute approximate surface area is 115 Å². The molecule has 0 amide bonds. The quantitative estimate of drug-likeness (QED) is 0.773. The summed E-state index contributed by atoms with van der Waals surface area (Å²) < 4.78 is 10.6. The molecule has 0 aromatic heterocycles. The average Bonchev–Trinajstić information content (AvgIpc) is 2.71. The van der Waals surface area contributed by atoms with Crippen LogP contribution in [0.5, 0.6) is 11.5 Å². The van der Waals surface area contributed by atoms with Gasteiger partial charge in [-0.15, -0.1) is 0 Å². The third kappa shape index (κ3) is 3.01. The fourth-order valence-corrected chi connectivity index (χ4v) is 2.94. The average molecular weight is 259 g/mol. The topological polar surface area (TPSA) is 42.2 Å². The second-order valence-corrected chi connectivity index (χ2v) is 5.09. The van der Waals surface area contributed by atoms with Crippen LogP contribution in [0.4, 0.5) is 0 Å². The van der Waals surface area contributed by atoms with Crippen molar-refractivity contribution < 1.29 is 9.47 Å². The third-order valence-electron chi connectivity index (χ3n) is 4.02. The van der Waals surface area contributed by atoms with Crippen molar-refractivity contribution in [3.05, 3.63) is 23.8 Å². The van der Waals surface area contributed by atoms with Crippen LogP contribution in [0.1, 0.15) is 43.6 Å². The smallest absolute Gasteiger partial charge is 0.160 e. The molecule has 1 aliphatic carbocycles. The first-order chi connectivity index (χ1) is 9.30. The maximum Gasteiger partial charge on any atom is 0.160 e. The number of hydrogen-bond acceptors (Lipinski definition) is 3. The van der Waals surface area contributed by atoms with Crippen molar-refractivity contribution >= 4 is 0 Å². The van der Waals surface area contributed by atoms with Crippen LogP contribution in [0.15, 0.2) is 18.2 Å². The number of nitriles is 1. The molecular weight excluding hydrogens is 238 g/mol. The zero-order chi connectivity index (χ0) is 13.7. The van der Waals surface area contributed by atoms with E-state index in [-0.39, 0.29) is 5.92 Å². The summed E-state index contributed by atoms with van der Waals surface area (Å²) in [6.45, 7) is 0. The van der Waals surface area contributed by atoms with Gasteiger partial charge in [0.1, 0.15) is 0 Å². The van der Waals surface area contributed by atoms with Gasteiger partial charge in [0, 0.05) is 0 Å². The monoisotopic (exact) mass is 259 g/mol. The van der Waals surface area contributed by atoms with Crippen molar-refractivity contribution in [3.8, 4) is 17.6 Å². The Hall–Kier alpha value is -1.69. The van der Waals surface area contributed by atoms with Gasteiger partial charge in [-0.05, 0) is 36.5 Å². The van der Waals surface area contributed by atoms with Crippen molar-refractivity contribution in [1.29, 1.82) is 5.26 Å². The van der Waals surface area contributed by atoms with Crippen LogP contribution in [-0.4, -0.2) is 14.2 Å². The summed E-state index contributed by atoms with van der Waals surface area (Å²) in [6.07, 6.45) is 5.71. The molecule has 1 aromatic rings. The van der Waals surface area contributed by atoms with Gasteiger partial charge in [-0.1, -0.05) is 25.3 Å². The normalized spacial score (nSPS) is 23.2. The van der Waals surface area contributed by atoms with E-state index < -0.39 is 0 Å². The Bertz CT molecular complexity index is 464. The minimum absolute atomic E-state index is 0.126. The summed E-state index contributed by atoms with van der Waals surface area (Å²) in [5.74, 6) is 1.95. The van der Waals surface area contributed by atoms with Crippen molar-refractivity contribution in [1.82, 2.24) is 0 Å². The van der Waals surface area contributed by atoms with Crippen molar-refractivity contribution in [3.63, 3.8) is 0 Å². The molecule has 0 spiro atoms. The molecule has 0 aliphatic heterocycles. The summed E-state index contributed by atoms with van der Waals surface area (Å²) in [6, 6.07) is 8.52. The third-order valence-corrected chi connectivity index (χ3v) is 4.02. The molecule has 1 aromatic carbocycles. The Morgan fingerprint density at radius 3 is 2.47 bits per heavy atom. The molecule has 102 valence electrons. The van der Waals surface area contributed by atoms with E-state index in [4.69, 9.17) is 9.47 Å². The van der Waals surface area contributed by atoms with Crippen LogP contribution >= 0.6 is 0 Å². The van der Waals surface area contributed by atoms with Gasteiger partial charge in [0.25, 0.3) is 0 Å². The molecule has 0 heterocycles. The molecular formula is C16H21NO2. The van der Waals surface area contributed by atoms with Gasteiger partial charge in [-0.2, -0.15) is 5.26 Å². The number of ether oxygens (including phenoxy) is 2. The molecule has 3 heteroatoms. The summed E-state index contributed by atoms with van der Waals surface area (Å²) in [7, 11) is 3.29. The van der Waals surface area contributed by atoms with E-state index >= 15 is 0 Å². The molecule has 1 saturated carbocycles. The van der Waals surface area contributed by atoms with E-state index in [1.54, 1.807) is 14.2 Å². The Balaban J connectivity index is 2.31. The highest BCUT2D eigenvalue weighted by Crippen LogP contribution is 2.39. The van der Waals surface area contributed by atoms with E-state index in [1.807, 2.05) is 12.1 Å². The standard InChI is InChI=1S/C16H21NO2/c1-18-15-9-8-12(10-16(15)19-2)14-7-5-3-4-6-13(14)11-17/h8-10,13-14H,3-7H2,1-2H3. The number of hydrogen-bond donors (Lipinski definition) is 0. The lowest BCUT2D eigenvalue weighted by molar-refractivity contribution is 0.353. The summed E-state index contributed by atoms with van der Waals surface area (Å²) in [5, 5.41) is 9.37. The van der Waals surface area contributed by atoms with Crippen LogP contribution in [0, 0.1) is 17.2 Å². The molecule has 0 N–H and O–H groups in total. The SMILES string of the molecule is COc1ccc(C2CCCCCC2C#N)cc1OC. The summed E-state index contributed by atoms with van der Waals surface area (Å²) >= 11 is 0. The fourth-order valence-electron chi connectivity index (χ4n) is 2.94. The van der Waals surface area contributed by atoms with Crippen molar-refractivity contribution in [2.45, 2.75) is 38.0 Å². The van der Waals surface area contributed by atoms with Crippen LogP contribution in [0.2, 0.25) is 0 Å². The highest BCUT2D eigenvalue weighted by Gasteiger charge is 2.25. The van der Waals surface area contributed by atoms with Gasteiger partial charge in [-0.3, -0.25) is 0 Å². The highest BCUT2D eigenvalue weighted by molar-refractivity contribution is 5.44. The molecule has 1 aliphatic rings. The molecule has 2 atom stereocenters. The van der Waals surface area contributed by atoms with Crippen LogP contribution in [-0.2, 0) is 0 Å². The maximum atomic E-state index is 9.37. The molecule has 0 saturated heterocycles. The van der Waals surface area contributed by atoms with E-state index in [0.717, 1.165) is 24.3 Å². The first kappa shape index (κ1) is 13.7. The Morgan fingerprint density at radius 2 is 1.79 bits per heavy atom. The lowest BCUT2D eigenvalue weighted by Gasteiger charge is -2.21. The van der Waals surface area contributed by atoms with Gasteiger partial charge in [0.15, 0.2) is 11.5 Å². The van der Waals surface area contributed by atoms with Crippen LogP contribution in [0.25, 0.3) is 0 Å². The van der Waals surface area contributed by atoms with E-state index in [1.165, 1.54) is 24.8 Å². The largest absolute Gasteiger partial charge is 0.493 e. The first-order valence-corrected chi connectivity index (χ1v) is 6.91. The fraction of sp³-hybridized carbons (Fsp3) is 0.562. The van der Waals surface area contributed by atoms with Gasteiger partial charge >= 0.3 is 0 Å². The lowest BCUT2D eigenvalue weighted by Crippen LogP contribution is -2.10. The molecule has 3 nitrogen and oxygen atoms in total. The van der Waals surface area contributed by atoms with E-state index in [9.17, 15) is 5.26 Å². The van der Waals surface area contributed by atoms with Crippen molar-refractivity contribution in [2.75, 3.05) is 14.2 Å². The van der Waals surface area contributed by atoms with E-state index in [2.05, 4.69) is 12.1 Å². The molecule has 1 fully saturated rings. The number of benzene rings is 1. The lowest BCUT2D eigenvalue weighted by atomic mass is 9.83. The number of methoxy groups -OCH3 is 2. The molecule has 2 unspecified atom stereocenters. The highest BCUT2D eigenvalue weighted by atomic mass is 16.5. The van der Waals surface area contributed by atoms with E-state index in [0.29, 0.717) is 5.92 Å². The molecule has 0 radical (unpaired) electrons.